The third-order valence-electron chi connectivity index (χ3n) is 4.37. The van der Waals surface area contributed by atoms with Crippen LogP contribution in [-0.4, -0.2) is 37.5 Å². The topological polar surface area (TPSA) is 80.5 Å². The minimum atomic E-state index is -3.25. The summed E-state index contributed by atoms with van der Waals surface area (Å²) < 4.78 is 26.3. The molecule has 1 rings (SSSR count). The second-order valence-corrected chi connectivity index (χ2v) is 8.44. The highest BCUT2D eigenvalue weighted by Gasteiger charge is 2.35. The number of hydrogen-bond acceptors (Lipinski definition) is 3. The predicted molar refractivity (Wildman–Crippen MR) is 75.9 cm³/mol. The molecule has 0 aromatic rings. The standard InChI is InChI=1S/C13H26N2O3S/c1-10(2)13(3,4)9-19(17,18)15-7-5-11(6-8-15)12(14)16/h10-11H,5-9H2,1-4H3,(H2,14,16). The first kappa shape index (κ1) is 16.4. The van der Waals surface area contributed by atoms with Gasteiger partial charge in [0.25, 0.3) is 0 Å². The Morgan fingerprint density at radius 2 is 1.79 bits per heavy atom. The molecule has 6 heteroatoms. The largest absolute Gasteiger partial charge is 0.369 e. The van der Waals surface area contributed by atoms with Crippen molar-refractivity contribution in [2.24, 2.45) is 23.0 Å². The molecule has 1 fully saturated rings. The highest BCUT2D eigenvalue weighted by molar-refractivity contribution is 7.89. The van der Waals surface area contributed by atoms with Crippen LogP contribution in [0.4, 0.5) is 0 Å². The van der Waals surface area contributed by atoms with Crippen LogP contribution in [0.3, 0.4) is 0 Å². The van der Waals surface area contributed by atoms with E-state index < -0.39 is 10.0 Å². The first-order valence-corrected chi connectivity index (χ1v) is 8.44. The molecule has 0 aromatic carbocycles. The maximum atomic E-state index is 12.4. The Bertz CT molecular complexity index is 421. The van der Waals surface area contributed by atoms with E-state index in [4.69, 9.17) is 5.73 Å². The number of nitrogens with two attached hydrogens (primary N) is 1. The SMILES string of the molecule is CC(C)C(C)(C)CS(=O)(=O)N1CCC(C(N)=O)CC1. The summed E-state index contributed by atoms with van der Waals surface area (Å²) in [5.74, 6) is -0.0478. The van der Waals surface area contributed by atoms with Crippen molar-refractivity contribution in [3.8, 4) is 0 Å². The lowest BCUT2D eigenvalue weighted by atomic mass is 9.83. The van der Waals surface area contributed by atoms with Gasteiger partial charge in [-0.3, -0.25) is 4.79 Å². The molecule has 1 heterocycles. The second-order valence-electron chi connectivity index (χ2n) is 6.48. The van der Waals surface area contributed by atoms with E-state index in [1.54, 1.807) is 0 Å². The number of carbonyl (C=O) groups excluding carboxylic acids is 1. The molecule has 0 aromatic heterocycles. The minimum Gasteiger partial charge on any atom is -0.369 e. The number of amides is 1. The molecule has 0 saturated carbocycles. The van der Waals surface area contributed by atoms with Crippen LogP contribution in [0.25, 0.3) is 0 Å². The Morgan fingerprint density at radius 3 is 2.16 bits per heavy atom. The molecule has 1 saturated heterocycles. The average molecular weight is 290 g/mol. The Hall–Kier alpha value is -0.620. The van der Waals surface area contributed by atoms with E-state index in [0.29, 0.717) is 31.8 Å². The maximum Gasteiger partial charge on any atom is 0.220 e. The van der Waals surface area contributed by atoms with Crippen LogP contribution < -0.4 is 5.73 Å². The summed E-state index contributed by atoms with van der Waals surface area (Å²) in [7, 11) is -3.25. The van der Waals surface area contributed by atoms with Gasteiger partial charge in [0.2, 0.25) is 15.9 Å². The molecule has 0 spiro atoms. The molecule has 0 atom stereocenters. The molecule has 1 aliphatic rings. The van der Waals surface area contributed by atoms with Crippen molar-refractivity contribution in [2.45, 2.75) is 40.5 Å². The zero-order valence-electron chi connectivity index (χ0n) is 12.3. The average Bonchev–Trinajstić information content (AvgIpc) is 2.27. The van der Waals surface area contributed by atoms with Crippen LogP contribution in [0.15, 0.2) is 0 Å². The van der Waals surface area contributed by atoms with Gasteiger partial charge in [-0.2, -0.15) is 0 Å². The van der Waals surface area contributed by atoms with E-state index in [1.165, 1.54) is 4.31 Å². The monoisotopic (exact) mass is 290 g/mol. The van der Waals surface area contributed by atoms with Crippen molar-refractivity contribution >= 4 is 15.9 Å². The Morgan fingerprint density at radius 1 is 1.32 bits per heavy atom. The number of primary amides is 1. The van der Waals surface area contributed by atoms with Crippen LogP contribution in [-0.2, 0) is 14.8 Å². The first-order valence-electron chi connectivity index (χ1n) is 6.83. The van der Waals surface area contributed by atoms with E-state index >= 15 is 0 Å². The maximum absolute atomic E-state index is 12.4. The number of carbonyl (C=O) groups is 1. The van der Waals surface area contributed by atoms with E-state index in [9.17, 15) is 13.2 Å². The van der Waals surface area contributed by atoms with Crippen molar-refractivity contribution in [3.05, 3.63) is 0 Å². The molecular formula is C13H26N2O3S. The van der Waals surface area contributed by atoms with Gasteiger partial charge in [-0.1, -0.05) is 27.7 Å². The molecule has 112 valence electrons. The van der Waals surface area contributed by atoms with Gasteiger partial charge in [-0.25, -0.2) is 12.7 Å². The lowest BCUT2D eigenvalue weighted by molar-refractivity contribution is -0.122. The van der Waals surface area contributed by atoms with E-state index in [-0.39, 0.29) is 23.0 Å². The van der Waals surface area contributed by atoms with Crippen molar-refractivity contribution in [2.75, 3.05) is 18.8 Å². The fraction of sp³-hybridized carbons (Fsp3) is 0.923. The quantitative estimate of drug-likeness (QED) is 0.826. The van der Waals surface area contributed by atoms with Crippen LogP contribution in [0.5, 0.6) is 0 Å². The number of hydrogen-bond donors (Lipinski definition) is 1. The molecule has 0 aliphatic carbocycles. The van der Waals surface area contributed by atoms with Crippen molar-refractivity contribution < 1.29 is 13.2 Å². The van der Waals surface area contributed by atoms with Crippen LogP contribution in [0.1, 0.15) is 40.5 Å². The predicted octanol–water partition coefficient (Wildman–Crippen LogP) is 1.20. The zero-order chi connectivity index (χ0) is 14.8. The third-order valence-corrected chi connectivity index (χ3v) is 6.63. The van der Waals surface area contributed by atoms with Crippen LogP contribution >= 0.6 is 0 Å². The summed E-state index contributed by atoms with van der Waals surface area (Å²) in [6, 6.07) is 0. The molecule has 0 unspecified atom stereocenters. The van der Waals surface area contributed by atoms with Gasteiger partial charge in [-0.15, -0.1) is 0 Å². The molecule has 2 N–H and O–H groups in total. The molecule has 0 bridgehead atoms. The van der Waals surface area contributed by atoms with Gasteiger partial charge in [-0.05, 0) is 24.2 Å². The Kier molecular flexibility index (Phi) is 5.01. The highest BCUT2D eigenvalue weighted by atomic mass is 32.2. The Labute approximate surface area is 116 Å². The Balaban J connectivity index is 2.68. The summed E-state index contributed by atoms with van der Waals surface area (Å²) in [5.41, 5.74) is 5.01. The van der Waals surface area contributed by atoms with Crippen molar-refractivity contribution in [1.82, 2.24) is 4.31 Å². The van der Waals surface area contributed by atoms with Gasteiger partial charge in [0, 0.05) is 19.0 Å². The molecule has 0 radical (unpaired) electrons. The molecular weight excluding hydrogens is 264 g/mol. The second kappa shape index (κ2) is 5.79. The number of sulfonamides is 1. The van der Waals surface area contributed by atoms with Gasteiger partial charge in [0.1, 0.15) is 0 Å². The molecule has 1 amide bonds. The molecule has 19 heavy (non-hydrogen) atoms. The van der Waals surface area contributed by atoms with Gasteiger partial charge < -0.3 is 5.73 Å². The summed E-state index contributed by atoms with van der Waals surface area (Å²) in [5, 5.41) is 0. The highest BCUT2D eigenvalue weighted by Crippen LogP contribution is 2.30. The van der Waals surface area contributed by atoms with Crippen molar-refractivity contribution in [1.29, 1.82) is 0 Å². The fourth-order valence-corrected chi connectivity index (χ4v) is 4.37. The first-order chi connectivity index (χ1) is 8.56. The van der Waals surface area contributed by atoms with E-state index in [2.05, 4.69) is 0 Å². The normalized spacial score (nSPS) is 19.8. The summed E-state index contributed by atoms with van der Waals surface area (Å²) in [6.07, 6.45) is 1.08. The summed E-state index contributed by atoms with van der Waals surface area (Å²) in [6.45, 7) is 8.84. The lowest BCUT2D eigenvalue weighted by Gasteiger charge is -2.34. The lowest BCUT2D eigenvalue weighted by Crippen LogP contribution is -2.45. The van der Waals surface area contributed by atoms with E-state index in [0.717, 1.165) is 0 Å². The fourth-order valence-electron chi connectivity index (χ4n) is 2.15. The summed E-state index contributed by atoms with van der Waals surface area (Å²) in [4.78, 5) is 11.1. The number of piperidine rings is 1. The van der Waals surface area contributed by atoms with Gasteiger partial charge in [0.05, 0.1) is 5.75 Å². The van der Waals surface area contributed by atoms with Gasteiger partial charge in [0.15, 0.2) is 0 Å². The smallest absolute Gasteiger partial charge is 0.220 e. The van der Waals surface area contributed by atoms with Crippen molar-refractivity contribution in [3.63, 3.8) is 0 Å². The molecule has 5 nitrogen and oxygen atoms in total. The van der Waals surface area contributed by atoms with Crippen LogP contribution in [0, 0.1) is 17.3 Å². The number of rotatable bonds is 5. The number of nitrogens with zero attached hydrogens (tertiary/aromatic N) is 1. The molecule has 1 aliphatic heterocycles. The summed E-state index contributed by atoms with van der Waals surface area (Å²) >= 11 is 0. The zero-order valence-corrected chi connectivity index (χ0v) is 13.2. The minimum absolute atomic E-state index is 0.152. The van der Waals surface area contributed by atoms with E-state index in [1.807, 2.05) is 27.7 Å². The third kappa shape index (κ3) is 4.18. The van der Waals surface area contributed by atoms with Gasteiger partial charge >= 0.3 is 0 Å². The van der Waals surface area contributed by atoms with Crippen LogP contribution in [0.2, 0.25) is 0 Å².